The van der Waals surface area contributed by atoms with Crippen molar-refractivity contribution in [3.63, 3.8) is 0 Å². The zero-order valence-electron chi connectivity index (χ0n) is 14.8. The molecule has 0 amide bonds. The first-order valence-corrected chi connectivity index (χ1v) is 9.93. The number of carbonyl (C=O) groups excluding carboxylic acids is 1. The van der Waals surface area contributed by atoms with Crippen molar-refractivity contribution in [2.24, 2.45) is 0 Å². The standard InChI is InChI=1S/C23H22INO/c1-2-17-8-10-19(11-9-17)23(26)16-22(18-6-4-3-5-7-18)25-21-14-12-20(24)13-15-21/h3-15,22,25H,2,16H2,1H3/t22-/m0/s1. The van der Waals surface area contributed by atoms with Crippen molar-refractivity contribution in [2.75, 3.05) is 5.32 Å². The Morgan fingerprint density at radius 2 is 1.58 bits per heavy atom. The molecule has 1 atom stereocenters. The van der Waals surface area contributed by atoms with Crippen LogP contribution < -0.4 is 5.32 Å². The highest BCUT2D eigenvalue weighted by molar-refractivity contribution is 14.1. The molecule has 0 aliphatic rings. The number of anilines is 1. The monoisotopic (exact) mass is 455 g/mol. The summed E-state index contributed by atoms with van der Waals surface area (Å²) in [5.74, 6) is 0.152. The van der Waals surface area contributed by atoms with E-state index in [0.717, 1.165) is 23.2 Å². The second-order valence-electron chi connectivity index (χ2n) is 6.29. The highest BCUT2D eigenvalue weighted by atomic mass is 127. The molecule has 0 fully saturated rings. The SMILES string of the molecule is CCc1ccc(C(=O)C[C@H](Nc2ccc(I)cc2)c2ccccc2)cc1. The fourth-order valence-electron chi connectivity index (χ4n) is 2.91. The minimum Gasteiger partial charge on any atom is -0.378 e. The Kier molecular flexibility index (Phi) is 6.45. The summed E-state index contributed by atoms with van der Waals surface area (Å²) in [5.41, 5.74) is 4.16. The van der Waals surface area contributed by atoms with Gasteiger partial charge in [-0.05, 0) is 64.4 Å². The Morgan fingerprint density at radius 3 is 2.19 bits per heavy atom. The number of carbonyl (C=O) groups is 1. The van der Waals surface area contributed by atoms with Crippen molar-refractivity contribution in [1.82, 2.24) is 0 Å². The highest BCUT2D eigenvalue weighted by Crippen LogP contribution is 2.25. The molecule has 3 heteroatoms. The third kappa shape index (κ3) is 4.94. The maximum absolute atomic E-state index is 12.8. The highest BCUT2D eigenvalue weighted by Gasteiger charge is 2.17. The molecule has 0 heterocycles. The Balaban J connectivity index is 1.80. The maximum atomic E-state index is 12.8. The molecule has 0 saturated carbocycles. The molecule has 0 spiro atoms. The third-order valence-corrected chi connectivity index (χ3v) is 5.18. The van der Waals surface area contributed by atoms with Crippen LogP contribution in [0.4, 0.5) is 5.69 Å². The Hall–Kier alpha value is -2.14. The van der Waals surface area contributed by atoms with Crippen LogP contribution in [0.5, 0.6) is 0 Å². The normalized spacial score (nSPS) is 11.8. The van der Waals surface area contributed by atoms with Crippen LogP contribution in [0.15, 0.2) is 78.9 Å². The average molecular weight is 455 g/mol. The molecule has 132 valence electrons. The van der Waals surface area contributed by atoms with E-state index in [1.807, 2.05) is 42.5 Å². The van der Waals surface area contributed by atoms with Crippen LogP contribution >= 0.6 is 22.6 Å². The van der Waals surface area contributed by atoms with E-state index in [-0.39, 0.29) is 11.8 Å². The molecule has 0 aromatic heterocycles. The number of halogens is 1. The quantitative estimate of drug-likeness (QED) is 0.336. The predicted octanol–water partition coefficient (Wildman–Crippen LogP) is 6.28. The fraction of sp³-hybridized carbons (Fsp3) is 0.174. The van der Waals surface area contributed by atoms with E-state index in [1.165, 1.54) is 9.13 Å². The van der Waals surface area contributed by atoms with Crippen molar-refractivity contribution in [2.45, 2.75) is 25.8 Å². The predicted molar refractivity (Wildman–Crippen MR) is 117 cm³/mol. The van der Waals surface area contributed by atoms with Crippen LogP contribution in [-0.4, -0.2) is 5.78 Å². The first kappa shape index (κ1) is 18.6. The molecule has 3 aromatic rings. The second kappa shape index (κ2) is 8.99. The molecule has 0 unspecified atom stereocenters. The van der Waals surface area contributed by atoms with Crippen molar-refractivity contribution in [3.05, 3.63) is 99.1 Å². The molecular formula is C23H22INO. The van der Waals surface area contributed by atoms with Gasteiger partial charge in [-0.3, -0.25) is 4.79 Å². The first-order chi connectivity index (χ1) is 12.7. The molecule has 0 bridgehead atoms. The lowest BCUT2D eigenvalue weighted by molar-refractivity contribution is 0.0976. The molecule has 26 heavy (non-hydrogen) atoms. The Labute approximate surface area is 168 Å². The largest absolute Gasteiger partial charge is 0.378 e. The number of aryl methyl sites for hydroxylation is 1. The van der Waals surface area contributed by atoms with Gasteiger partial charge in [-0.15, -0.1) is 0 Å². The minimum atomic E-state index is -0.0605. The Bertz CT molecular complexity index is 842. The van der Waals surface area contributed by atoms with E-state index in [4.69, 9.17) is 0 Å². The van der Waals surface area contributed by atoms with Gasteiger partial charge in [-0.1, -0.05) is 61.5 Å². The maximum Gasteiger partial charge on any atom is 0.165 e. The molecule has 3 aromatic carbocycles. The second-order valence-corrected chi connectivity index (χ2v) is 7.54. The van der Waals surface area contributed by atoms with Crippen molar-refractivity contribution in [3.8, 4) is 0 Å². The summed E-state index contributed by atoms with van der Waals surface area (Å²) < 4.78 is 1.19. The summed E-state index contributed by atoms with van der Waals surface area (Å²) in [6.07, 6.45) is 1.40. The minimum absolute atomic E-state index is 0.0605. The smallest absolute Gasteiger partial charge is 0.165 e. The van der Waals surface area contributed by atoms with Crippen LogP contribution in [0.2, 0.25) is 0 Å². The lowest BCUT2D eigenvalue weighted by Gasteiger charge is -2.20. The number of Topliss-reactive ketones (excluding diaryl/α,β-unsaturated/α-hetero) is 1. The van der Waals surface area contributed by atoms with Crippen molar-refractivity contribution < 1.29 is 4.79 Å². The topological polar surface area (TPSA) is 29.1 Å². The van der Waals surface area contributed by atoms with E-state index < -0.39 is 0 Å². The Morgan fingerprint density at radius 1 is 0.923 bits per heavy atom. The number of hydrogen-bond donors (Lipinski definition) is 1. The van der Waals surface area contributed by atoms with E-state index in [2.05, 4.69) is 71.2 Å². The third-order valence-electron chi connectivity index (χ3n) is 4.46. The molecule has 1 N–H and O–H groups in total. The molecule has 2 nitrogen and oxygen atoms in total. The zero-order valence-corrected chi connectivity index (χ0v) is 16.9. The van der Waals surface area contributed by atoms with Crippen molar-refractivity contribution >= 4 is 34.1 Å². The van der Waals surface area contributed by atoms with Crippen molar-refractivity contribution in [1.29, 1.82) is 0 Å². The summed E-state index contributed by atoms with van der Waals surface area (Å²) in [7, 11) is 0. The number of rotatable bonds is 7. The first-order valence-electron chi connectivity index (χ1n) is 8.85. The van der Waals surface area contributed by atoms with E-state index in [1.54, 1.807) is 0 Å². The summed E-state index contributed by atoms with van der Waals surface area (Å²) >= 11 is 2.29. The van der Waals surface area contributed by atoms with Gasteiger partial charge in [0.2, 0.25) is 0 Å². The number of benzene rings is 3. The zero-order chi connectivity index (χ0) is 18.4. The number of nitrogens with one attached hydrogen (secondary N) is 1. The van der Waals surface area contributed by atoms with Crippen LogP contribution in [0, 0.1) is 3.57 Å². The fourth-order valence-corrected chi connectivity index (χ4v) is 3.27. The van der Waals surface area contributed by atoms with Gasteiger partial charge in [0.05, 0.1) is 6.04 Å². The van der Waals surface area contributed by atoms with E-state index >= 15 is 0 Å². The van der Waals surface area contributed by atoms with Gasteiger partial charge >= 0.3 is 0 Å². The van der Waals surface area contributed by atoms with Gasteiger partial charge in [0.25, 0.3) is 0 Å². The molecule has 0 aliphatic heterocycles. The van der Waals surface area contributed by atoms with Gasteiger partial charge in [-0.25, -0.2) is 0 Å². The van der Waals surface area contributed by atoms with Gasteiger partial charge in [0.1, 0.15) is 0 Å². The summed E-state index contributed by atoms with van der Waals surface area (Å²) in [6, 6.07) is 26.3. The summed E-state index contributed by atoms with van der Waals surface area (Å²) in [6.45, 7) is 2.12. The number of hydrogen-bond acceptors (Lipinski definition) is 2. The van der Waals surface area contributed by atoms with Gasteiger partial charge in [0.15, 0.2) is 5.78 Å². The lowest BCUT2D eigenvalue weighted by atomic mass is 9.97. The van der Waals surface area contributed by atoms with Crippen LogP contribution in [0.25, 0.3) is 0 Å². The number of ketones is 1. The van der Waals surface area contributed by atoms with E-state index in [0.29, 0.717) is 6.42 Å². The molecule has 3 rings (SSSR count). The average Bonchev–Trinajstić information content (AvgIpc) is 2.70. The molecular weight excluding hydrogens is 433 g/mol. The van der Waals surface area contributed by atoms with Crippen LogP contribution in [0.1, 0.15) is 40.9 Å². The molecule has 0 saturated heterocycles. The van der Waals surface area contributed by atoms with Crippen LogP contribution in [-0.2, 0) is 6.42 Å². The summed E-state index contributed by atoms with van der Waals surface area (Å²) in [5, 5.41) is 3.52. The van der Waals surface area contributed by atoms with Gasteiger partial charge in [-0.2, -0.15) is 0 Å². The van der Waals surface area contributed by atoms with Gasteiger partial charge < -0.3 is 5.32 Å². The van der Waals surface area contributed by atoms with E-state index in [9.17, 15) is 4.79 Å². The molecule has 0 aliphatic carbocycles. The summed E-state index contributed by atoms with van der Waals surface area (Å²) in [4.78, 5) is 12.8. The molecule has 0 radical (unpaired) electrons. The van der Waals surface area contributed by atoms with Crippen LogP contribution in [0.3, 0.4) is 0 Å². The van der Waals surface area contributed by atoms with Gasteiger partial charge in [0, 0.05) is 21.2 Å². The lowest BCUT2D eigenvalue weighted by Crippen LogP contribution is -2.16.